The van der Waals surface area contributed by atoms with Crippen LogP contribution < -0.4 is 10.6 Å². The lowest BCUT2D eigenvalue weighted by molar-refractivity contribution is 0.0933. The Morgan fingerprint density at radius 1 is 1.41 bits per heavy atom. The van der Waals surface area contributed by atoms with Gasteiger partial charge >= 0.3 is 0 Å². The Bertz CT molecular complexity index is 389. The van der Waals surface area contributed by atoms with Gasteiger partial charge in [0.25, 0.3) is 5.91 Å². The first kappa shape index (κ1) is 12.0. The molecule has 0 aromatic carbocycles. The average Bonchev–Trinajstić information content (AvgIpc) is 2.57. The van der Waals surface area contributed by atoms with Gasteiger partial charge in [-0.3, -0.25) is 9.78 Å². The van der Waals surface area contributed by atoms with E-state index in [9.17, 15) is 9.18 Å². The molecular formula is C12H16FN3O. The molecular weight excluding hydrogens is 221 g/mol. The molecule has 1 saturated heterocycles. The van der Waals surface area contributed by atoms with Gasteiger partial charge in [0.15, 0.2) is 0 Å². The third kappa shape index (κ3) is 3.49. The van der Waals surface area contributed by atoms with Crippen LogP contribution in [-0.2, 0) is 0 Å². The van der Waals surface area contributed by atoms with Crippen molar-refractivity contribution in [1.82, 2.24) is 15.6 Å². The topological polar surface area (TPSA) is 54.0 Å². The first-order valence-electron chi connectivity index (χ1n) is 5.88. The maximum Gasteiger partial charge on any atom is 0.253 e. The molecule has 0 spiro atoms. The fourth-order valence-electron chi connectivity index (χ4n) is 1.97. The number of hydrogen-bond donors (Lipinski definition) is 2. The fraction of sp³-hybridized carbons (Fsp3) is 0.500. The maximum atomic E-state index is 12.9. The summed E-state index contributed by atoms with van der Waals surface area (Å²) in [7, 11) is 0. The van der Waals surface area contributed by atoms with Gasteiger partial charge in [0.2, 0.25) is 0 Å². The van der Waals surface area contributed by atoms with E-state index in [0.29, 0.717) is 0 Å². The highest BCUT2D eigenvalue weighted by atomic mass is 19.1. The SMILES string of the molecule is O=C(NC1CCCNCC1)c1cncc(F)c1. The molecule has 2 heterocycles. The van der Waals surface area contributed by atoms with Crippen LogP contribution in [0.1, 0.15) is 29.6 Å². The predicted octanol–water partition coefficient (Wildman–Crippen LogP) is 1.09. The summed E-state index contributed by atoms with van der Waals surface area (Å²) in [6.07, 6.45) is 5.39. The molecule has 1 aliphatic heterocycles. The van der Waals surface area contributed by atoms with Crippen molar-refractivity contribution in [1.29, 1.82) is 0 Å². The van der Waals surface area contributed by atoms with Gasteiger partial charge in [-0.1, -0.05) is 0 Å². The number of carbonyl (C=O) groups is 1. The summed E-state index contributed by atoms with van der Waals surface area (Å²) in [5.41, 5.74) is 0.280. The number of carbonyl (C=O) groups excluding carboxylic acids is 1. The van der Waals surface area contributed by atoms with Gasteiger partial charge in [0.1, 0.15) is 5.82 Å². The van der Waals surface area contributed by atoms with Crippen molar-refractivity contribution in [3.63, 3.8) is 0 Å². The molecule has 1 aliphatic rings. The average molecular weight is 237 g/mol. The summed E-state index contributed by atoms with van der Waals surface area (Å²) in [6.45, 7) is 1.90. The number of pyridine rings is 1. The molecule has 1 aromatic rings. The van der Waals surface area contributed by atoms with Crippen LogP contribution in [0.2, 0.25) is 0 Å². The number of rotatable bonds is 2. The minimum Gasteiger partial charge on any atom is -0.349 e. The zero-order chi connectivity index (χ0) is 12.1. The van der Waals surface area contributed by atoms with E-state index in [-0.39, 0.29) is 17.5 Å². The molecule has 0 saturated carbocycles. The van der Waals surface area contributed by atoms with Gasteiger partial charge in [-0.15, -0.1) is 0 Å². The van der Waals surface area contributed by atoms with Crippen molar-refractivity contribution >= 4 is 5.91 Å². The van der Waals surface area contributed by atoms with Crippen LogP contribution in [0.15, 0.2) is 18.5 Å². The molecule has 0 bridgehead atoms. The first-order chi connectivity index (χ1) is 8.25. The lowest BCUT2D eigenvalue weighted by Crippen LogP contribution is -2.35. The predicted molar refractivity (Wildman–Crippen MR) is 62.2 cm³/mol. The van der Waals surface area contributed by atoms with Gasteiger partial charge < -0.3 is 10.6 Å². The van der Waals surface area contributed by atoms with Crippen LogP contribution in [0.5, 0.6) is 0 Å². The molecule has 4 nitrogen and oxygen atoms in total. The van der Waals surface area contributed by atoms with Crippen molar-refractivity contribution in [3.8, 4) is 0 Å². The van der Waals surface area contributed by atoms with E-state index in [1.165, 1.54) is 12.3 Å². The van der Waals surface area contributed by atoms with E-state index in [2.05, 4.69) is 15.6 Å². The van der Waals surface area contributed by atoms with Crippen molar-refractivity contribution in [2.24, 2.45) is 0 Å². The Labute approximate surface area is 99.6 Å². The largest absolute Gasteiger partial charge is 0.349 e. The van der Waals surface area contributed by atoms with Crippen molar-refractivity contribution in [2.75, 3.05) is 13.1 Å². The number of aromatic nitrogens is 1. The number of hydrogen-bond acceptors (Lipinski definition) is 3. The molecule has 1 atom stereocenters. The van der Waals surface area contributed by atoms with E-state index in [4.69, 9.17) is 0 Å². The van der Waals surface area contributed by atoms with Gasteiger partial charge in [0.05, 0.1) is 11.8 Å². The zero-order valence-electron chi connectivity index (χ0n) is 9.58. The molecule has 1 unspecified atom stereocenters. The van der Waals surface area contributed by atoms with E-state index < -0.39 is 5.82 Å². The molecule has 2 N–H and O–H groups in total. The Morgan fingerprint density at radius 2 is 2.29 bits per heavy atom. The Hall–Kier alpha value is -1.49. The zero-order valence-corrected chi connectivity index (χ0v) is 9.58. The number of amides is 1. The van der Waals surface area contributed by atoms with Crippen molar-refractivity contribution < 1.29 is 9.18 Å². The standard InChI is InChI=1S/C12H16FN3O/c13-10-6-9(7-15-8-10)12(17)16-11-2-1-4-14-5-3-11/h6-8,11,14H,1-5H2,(H,16,17). The monoisotopic (exact) mass is 237 g/mol. The highest BCUT2D eigenvalue weighted by Crippen LogP contribution is 2.07. The Morgan fingerprint density at radius 3 is 3.12 bits per heavy atom. The van der Waals surface area contributed by atoms with E-state index in [1.54, 1.807) is 0 Å². The second-order valence-corrected chi connectivity index (χ2v) is 4.24. The lowest BCUT2D eigenvalue weighted by Gasteiger charge is -2.15. The van der Waals surface area contributed by atoms with Crippen LogP contribution in [0.4, 0.5) is 4.39 Å². The molecule has 0 radical (unpaired) electrons. The normalized spacial score (nSPS) is 20.6. The number of halogens is 1. The molecule has 5 heteroatoms. The molecule has 1 amide bonds. The summed E-state index contributed by atoms with van der Waals surface area (Å²) in [5.74, 6) is -0.732. The minimum atomic E-state index is -0.486. The third-order valence-electron chi connectivity index (χ3n) is 2.88. The van der Waals surface area contributed by atoms with Gasteiger partial charge in [-0.2, -0.15) is 0 Å². The summed E-state index contributed by atoms with van der Waals surface area (Å²) in [5, 5.41) is 6.19. The van der Waals surface area contributed by atoms with Crippen LogP contribution >= 0.6 is 0 Å². The quantitative estimate of drug-likeness (QED) is 0.809. The van der Waals surface area contributed by atoms with Crippen molar-refractivity contribution in [3.05, 3.63) is 29.8 Å². The maximum absolute atomic E-state index is 12.9. The van der Waals surface area contributed by atoms with Crippen LogP contribution in [0.3, 0.4) is 0 Å². The molecule has 0 aliphatic carbocycles. The lowest BCUT2D eigenvalue weighted by atomic mass is 10.1. The van der Waals surface area contributed by atoms with E-state index >= 15 is 0 Å². The molecule has 17 heavy (non-hydrogen) atoms. The first-order valence-corrected chi connectivity index (χ1v) is 5.88. The highest BCUT2D eigenvalue weighted by Gasteiger charge is 2.15. The minimum absolute atomic E-state index is 0.167. The van der Waals surface area contributed by atoms with Gasteiger partial charge in [0, 0.05) is 12.2 Å². The van der Waals surface area contributed by atoms with E-state index in [0.717, 1.165) is 38.5 Å². The highest BCUT2D eigenvalue weighted by molar-refractivity contribution is 5.94. The summed E-state index contributed by atoms with van der Waals surface area (Å²) >= 11 is 0. The molecule has 1 aromatic heterocycles. The summed E-state index contributed by atoms with van der Waals surface area (Å²) < 4.78 is 12.9. The van der Waals surface area contributed by atoms with Gasteiger partial charge in [-0.25, -0.2) is 4.39 Å². The summed E-state index contributed by atoms with van der Waals surface area (Å²) in [4.78, 5) is 15.5. The van der Waals surface area contributed by atoms with Crippen LogP contribution in [-0.4, -0.2) is 30.0 Å². The summed E-state index contributed by atoms with van der Waals surface area (Å²) in [6, 6.07) is 1.37. The molecule has 92 valence electrons. The van der Waals surface area contributed by atoms with Crippen molar-refractivity contribution in [2.45, 2.75) is 25.3 Å². The second-order valence-electron chi connectivity index (χ2n) is 4.24. The number of nitrogens with one attached hydrogen (secondary N) is 2. The van der Waals surface area contributed by atoms with E-state index in [1.807, 2.05) is 0 Å². The third-order valence-corrected chi connectivity index (χ3v) is 2.88. The second kappa shape index (κ2) is 5.72. The van der Waals surface area contributed by atoms with Crippen LogP contribution in [0.25, 0.3) is 0 Å². The molecule has 1 fully saturated rings. The van der Waals surface area contributed by atoms with Gasteiger partial charge in [-0.05, 0) is 38.4 Å². The Balaban J connectivity index is 1.96. The smallest absolute Gasteiger partial charge is 0.253 e. The van der Waals surface area contributed by atoms with Crippen LogP contribution in [0, 0.1) is 5.82 Å². The Kier molecular flexibility index (Phi) is 4.03. The fourth-order valence-corrected chi connectivity index (χ4v) is 1.97. The number of nitrogens with zero attached hydrogens (tertiary/aromatic N) is 1. The molecule has 2 rings (SSSR count).